The van der Waals surface area contributed by atoms with Crippen molar-refractivity contribution in [1.29, 1.82) is 0 Å². The van der Waals surface area contributed by atoms with Crippen LogP contribution >= 0.6 is 0 Å². The highest BCUT2D eigenvalue weighted by Gasteiger charge is 2.16. The molecule has 2 atom stereocenters. The summed E-state index contributed by atoms with van der Waals surface area (Å²) in [6, 6.07) is 0. The molecule has 0 amide bonds. The predicted octanol–water partition coefficient (Wildman–Crippen LogP) is -2.67. The molecule has 0 aliphatic rings. The molecule has 0 aromatic heterocycles. The minimum atomic E-state index is -1.14. The maximum atomic E-state index is 8.92. The molecule has 0 saturated heterocycles. The van der Waals surface area contributed by atoms with Gasteiger partial charge in [0.25, 0.3) is 0 Å². The van der Waals surface area contributed by atoms with E-state index in [0.717, 1.165) is 0 Å². The Hall–Kier alpha value is -0.200. The molecular formula is C5H14N2O3. The Balaban J connectivity index is 3.50. The van der Waals surface area contributed by atoms with E-state index in [0.29, 0.717) is 0 Å². The molecule has 7 N–H and O–H groups in total. The van der Waals surface area contributed by atoms with Gasteiger partial charge in [-0.15, -0.1) is 0 Å². The van der Waals surface area contributed by atoms with Gasteiger partial charge in [0.05, 0.1) is 18.9 Å². The average Bonchev–Trinajstić information content (AvgIpc) is 1.85. The third-order valence-corrected chi connectivity index (χ3v) is 1.14. The number of hydrogen-bond acceptors (Lipinski definition) is 5. The molecule has 5 heteroatoms. The van der Waals surface area contributed by atoms with Crippen molar-refractivity contribution in [3.63, 3.8) is 0 Å². The number of aliphatic hydroxyl groups is 3. The van der Waals surface area contributed by atoms with E-state index in [9.17, 15) is 0 Å². The second-order valence-corrected chi connectivity index (χ2v) is 2.22. The Morgan fingerprint density at radius 1 is 1.10 bits per heavy atom. The highest BCUT2D eigenvalue weighted by Crippen LogP contribution is 1.97. The summed E-state index contributed by atoms with van der Waals surface area (Å²) in [4.78, 5) is 0. The monoisotopic (exact) mass is 150 g/mol. The van der Waals surface area contributed by atoms with E-state index < -0.39 is 25.0 Å². The second kappa shape index (κ2) is 4.59. The Morgan fingerprint density at radius 2 is 1.60 bits per heavy atom. The normalized spacial score (nSPS) is 17.4. The minimum absolute atomic E-state index is 0.0850. The zero-order valence-corrected chi connectivity index (χ0v) is 5.64. The first-order valence-corrected chi connectivity index (χ1v) is 3.06. The van der Waals surface area contributed by atoms with Gasteiger partial charge in [0.1, 0.15) is 6.10 Å². The highest BCUT2D eigenvalue weighted by atomic mass is 16.4. The number of rotatable bonds is 4. The van der Waals surface area contributed by atoms with Crippen LogP contribution < -0.4 is 11.5 Å². The van der Waals surface area contributed by atoms with Crippen molar-refractivity contribution in [2.45, 2.75) is 24.8 Å². The number of hydrogen-bond donors (Lipinski definition) is 5. The van der Waals surface area contributed by atoms with Crippen molar-refractivity contribution in [3.8, 4) is 0 Å². The first kappa shape index (κ1) is 9.80. The van der Waals surface area contributed by atoms with Crippen LogP contribution in [-0.2, 0) is 0 Å². The standard InChI is InChI=1S/C5H14N2O3/c6-5(7)1-3(9)4(10)2-8/h3-5,8-10H,1-2,6-7H2. The largest absolute Gasteiger partial charge is 0.394 e. The molecule has 0 rings (SSSR count). The van der Waals surface area contributed by atoms with Crippen molar-refractivity contribution in [2.24, 2.45) is 11.5 Å². The zero-order chi connectivity index (χ0) is 8.15. The molecule has 0 aromatic rings. The second-order valence-electron chi connectivity index (χ2n) is 2.22. The van der Waals surface area contributed by atoms with E-state index in [1.54, 1.807) is 0 Å². The lowest BCUT2D eigenvalue weighted by molar-refractivity contribution is -0.0200. The SMILES string of the molecule is NC(N)CC(O)C(O)CO. The van der Waals surface area contributed by atoms with E-state index >= 15 is 0 Å². The Kier molecular flexibility index (Phi) is 4.50. The Morgan fingerprint density at radius 3 is 1.90 bits per heavy atom. The van der Waals surface area contributed by atoms with Crippen LogP contribution in [0.15, 0.2) is 0 Å². The molecule has 0 bridgehead atoms. The summed E-state index contributed by atoms with van der Waals surface area (Å²) in [7, 11) is 0. The molecule has 2 unspecified atom stereocenters. The highest BCUT2D eigenvalue weighted by molar-refractivity contribution is 4.69. The van der Waals surface area contributed by atoms with Crippen LogP contribution in [0.2, 0.25) is 0 Å². The minimum Gasteiger partial charge on any atom is -0.394 e. The maximum Gasteiger partial charge on any atom is 0.103 e. The van der Waals surface area contributed by atoms with E-state index in [1.165, 1.54) is 0 Å². The summed E-state index contributed by atoms with van der Waals surface area (Å²) in [5.74, 6) is 0. The molecule has 0 aliphatic heterocycles. The van der Waals surface area contributed by atoms with Gasteiger partial charge in [0, 0.05) is 6.42 Å². The molecule has 0 saturated carbocycles. The first-order chi connectivity index (χ1) is 4.57. The topological polar surface area (TPSA) is 113 Å². The van der Waals surface area contributed by atoms with Crippen LogP contribution in [-0.4, -0.2) is 40.3 Å². The van der Waals surface area contributed by atoms with Crippen molar-refractivity contribution in [1.82, 2.24) is 0 Å². The van der Waals surface area contributed by atoms with Crippen molar-refractivity contribution < 1.29 is 15.3 Å². The van der Waals surface area contributed by atoms with Crippen LogP contribution in [0, 0.1) is 0 Å². The Bertz CT molecular complexity index is 89.0. The summed E-state index contributed by atoms with van der Waals surface area (Å²) in [6.07, 6.45) is -2.75. The van der Waals surface area contributed by atoms with Gasteiger partial charge >= 0.3 is 0 Å². The molecule has 0 aliphatic carbocycles. The summed E-state index contributed by atoms with van der Waals surface area (Å²) in [6.45, 7) is -0.478. The average molecular weight is 150 g/mol. The van der Waals surface area contributed by atoms with Gasteiger partial charge in [-0.2, -0.15) is 0 Å². The number of nitrogens with two attached hydrogens (primary N) is 2. The molecule has 10 heavy (non-hydrogen) atoms. The zero-order valence-electron chi connectivity index (χ0n) is 5.64. The van der Waals surface area contributed by atoms with Crippen LogP contribution in [0.1, 0.15) is 6.42 Å². The molecule has 0 spiro atoms. The van der Waals surface area contributed by atoms with Gasteiger partial charge in [0.2, 0.25) is 0 Å². The molecule has 5 nitrogen and oxygen atoms in total. The smallest absolute Gasteiger partial charge is 0.103 e. The fourth-order valence-corrected chi connectivity index (χ4v) is 0.558. The molecule has 62 valence electrons. The Labute approximate surface area is 59.3 Å². The van der Waals surface area contributed by atoms with Gasteiger partial charge in [-0.25, -0.2) is 0 Å². The van der Waals surface area contributed by atoms with Gasteiger partial charge in [0.15, 0.2) is 0 Å². The van der Waals surface area contributed by atoms with Crippen LogP contribution in [0.25, 0.3) is 0 Å². The van der Waals surface area contributed by atoms with Crippen LogP contribution in [0.5, 0.6) is 0 Å². The van der Waals surface area contributed by atoms with Gasteiger partial charge in [-0.05, 0) is 0 Å². The van der Waals surface area contributed by atoms with Crippen molar-refractivity contribution in [3.05, 3.63) is 0 Å². The fourth-order valence-electron chi connectivity index (χ4n) is 0.558. The molecule has 0 radical (unpaired) electrons. The number of aliphatic hydroxyl groups excluding tert-OH is 3. The van der Waals surface area contributed by atoms with Gasteiger partial charge < -0.3 is 26.8 Å². The summed E-state index contributed by atoms with van der Waals surface area (Å²) < 4.78 is 0. The summed E-state index contributed by atoms with van der Waals surface area (Å²) in [5.41, 5.74) is 10.2. The molecule has 0 heterocycles. The predicted molar refractivity (Wildman–Crippen MR) is 35.9 cm³/mol. The van der Waals surface area contributed by atoms with Gasteiger partial charge in [-0.3, -0.25) is 0 Å². The lowest BCUT2D eigenvalue weighted by atomic mass is 10.1. The van der Waals surface area contributed by atoms with Crippen molar-refractivity contribution >= 4 is 0 Å². The fraction of sp³-hybridized carbons (Fsp3) is 1.00. The van der Waals surface area contributed by atoms with E-state index in [2.05, 4.69) is 0 Å². The quantitative estimate of drug-likeness (QED) is 0.281. The van der Waals surface area contributed by atoms with Crippen LogP contribution in [0.4, 0.5) is 0 Å². The van der Waals surface area contributed by atoms with E-state index in [1.807, 2.05) is 0 Å². The maximum absolute atomic E-state index is 8.92. The summed E-state index contributed by atoms with van der Waals surface area (Å²) >= 11 is 0. The summed E-state index contributed by atoms with van der Waals surface area (Å²) in [5, 5.41) is 26.0. The lowest BCUT2D eigenvalue weighted by Crippen LogP contribution is -2.40. The molecule has 0 aromatic carbocycles. The van der Waals surface area contributed by atoms with Crippen molar-refractivity contribution in [2.75, 3.05) is 6.61 Å². The van der Waals surface area contributed by atoms with Crippen LogP contribution in [0.3, 0.4) is 0 Å². The lowest BCUT2D eigenvalue weighted by Gasteiger charge is -2.16. The third kappa shape index (κ3) is 3.76. The van der Waals surface area contributed by atoms with E-state index in [-0.39, 0.29) is 6.42 Å². The molecular weight excluding hydrogens is 136 g/mol. The molecule has 0 fully saturated rings. The third-order valence-electron chi connectivity index (χ3n) is 1.14. The van der Waals surface area contributed by atoms with Gasteiger partial charge in [-0.1, -0.05) is 0 Å². The first-order valence-electron chi connectivity index (χ1n) is 3.06. The van der Waals surface area contributed by atoms with E-state index in [4.69, 9.17) is 26.8 Å².